The molecule has 5 atom stereocenters. The maximum atomic E-state index is 11.0. The minimum atomic E-state index is -1.31. The summed E-state index contributed by atoms with van der Waals surface area (Å²) in [5.74, 6) is -0.527. The molecule has 0 aromatic heterocycles. The molecule has 1 heterocycles. The SMILES string of the molecule is CCC(=O)OC1O[C@H](CO)[C@@H](O)[C@H](O)[C@@H]1N. The van der Waals surface area contributed by atoms with Crippen molar-refractivity contribution in [3.63, 3.8) is 0 Å². The topological polar surface area (TPSA) is 122 Å². The summed E-state index contributed by atoms with van der Waals surface area (Å²) in [5, 5.41) is 27.9. The molecule has 1 rings (SSSR count). The van der Waals surface area contributed by atoms with E-state index in [4.69, 9.17) is 20.3 Å². The number of nitrogens with two attached hydrogens (primary N) is 1. The Balaban J connectivity index is 2.67. The molecular weight excluding hydrogens is 218 g/mol. The molecule has 94 valence electrons. The summed E-state index contributed by atoms with van der Waals surface area (Å²) >= 11 is 0. The number of esters is 1. The van der Waals surface area contributed by atoms with E-state index in [1.54, 1.807) is 6.92 Å². The van der Waals surface area contributed by atoms with Crippen LogP contribution in [0.15, 0.2) is 0 Å². The molecule has 7 nitrogen and oxygen atoms in total. The third-order valence-corrected chi connectivity index (χ3v) is 2.46. The lowest BCUT2D eigenvalue weighted by molar-refractivity contribution is -0.259. The molecule has 0 saturated carbocycles. The fourth-order valence-corrected chi connectivity index (χ4v) is 1.42. The fourth-order valence-electron chi connectivity index (χ4n) is 1.42. The van der Waals surface area contributed by atoms with Gasteiger partial charge in [-0.15, -0.1) is 0 Å². The highest BCUT2D eigenvalue weighted by Gasteiger charge is 2.44. The van der Waals surface area contributed by atoms with Crippen LogP contribution in [-0.4, -0.2) is 58.5 Å². The van der Waals surface area contributed by atoms with Gasteiger partial charge in [-0.1, -0.05) is 6.92 Å². The van der Waals surface area contributed by atoms with E-state index in [0.29, 0.717) is 0 Å². The van der Waals surface area contributed by atoms with Gasteiger partial charge in [0.1, 0.15) is 18.3 Å². The largest absolute Gasteiger partial charge is 0.434 e. The first-order chi connectivity index (χ1) is 7.51. The molecule has 5 N–H and O–H groups in total. The van der Waals surface area contributed by atoms with E-state index in [1.807, 2.05) is 0 Å². The lowest BCUT2D eigenvalue weighted by Gasteiger charge is -2.39. The average Bonchev–Trinajstić information content (AvgIpc) is 2.29. The first-order valence-electron chi connectivity index (χ1n) is 5.08. The Morgan fingerprint density at radius 1 is 1.44 bits per heavy atom. The Labute approximate surface area is 92.8 Å². The van der Waals surface area contributed by atoms with Crippen molar-refractivity contribution in [2.75, 3.05) is 6.61 Å². The van der Waals surface area contributed by atoms with E-state index in [0.717, 1.165) is 0 Å². The predicted molar refractivity (Wildman–Crippen MR) is 52.1 cm³/mol. The standard InChI is InChI=1S/C9H17NO6/c1-2-5(12)16-9-6(10)8(14)7(13)4(3-11)15-9/h4,6-9,11,13-14H,2-3,10H2,1H3/t4-,6+,7-,8-,9?/m1/s1. The Hall–Kier alpha value is -0.730. The summed E-state index contributed by atoms with van der Waals surface area (Å²) in [5.41, 5.74) is 5.54. The van der Waals surface area contributed by atoms with Crippen LogP contribution in [0.3, 0.4) is 0 Å². The second-order valence-corrected chi connectivity index (χ2v) is 3.63. The van der Waals surface area contributed by atoms with Gasteiger partial charge in [0.2, 0.25) is 6.29 Å². The van der Waals surface area contributed by atoms with Crippen LogP contribution in [0.25, 0.3) is 0 Å². The molecule has 16 heavy (non-hydrogen) atoms. The van der Waals surface area contributed by atoms with Crippen molar-refractivity contribution in [1.82, 2.24) is 0 Å². The number of carbonyl (C=O) groups excluding carboxylic acids is 1. The Kier molecular flexibility index (Phi) is 4.63. The van der Waals surface area contributed by atoms with Crippen LogP contribution in [0.5, 0.6) is 0 Å². The molecule has 1 aliphatic heterocycles. The predicted octanol–water partition coefficient (Wildman–Crippen LogP) is -2.29. The third kappa shape index (κ3) is 2.69. The highest BCUT2D eigenvalue weighted by atomic mass is 16.7. The van der Waals surface area contributed by atoms with Crippen molar-refractivity contribution in [2.45, 2.75) is 44.0 Å². The number of ether oxygens (including phenoxy) is 2. The van der Waals surface area contributed by atoms with Crippen molar-refractivity contribution in [1.29, 1.82) is 0 Å². The third-order valence-electron chi connectivity index (χ3n) is 2.46. The molecule has 0 radical (unpaired) electrons. The van der Waals surface area contributed by atoms with E-state index >= 15 is 0 Å². The van der Waals surface area contributed by atoms with Crippen LogP contribution in [0.2, 0.25) is 0 Å². The molecule has 1 unspecified atom stereocenters. The summed E-state index contributed by atoms with van der Waals surface area (Å²) in [6.07, 6.45) is -4.61. The molecular formula is C9H17NO6. The molecule has 1 aliphatic rings. The number of hydrogen-bond donors (Lipinski definition) is 4. The van der Waals surface area contributed by atoms with Crippen molar-refractivity contribution in [3.05, 3.63) is 0 Å². The van der Waals surface area contributed by atoms with Gasteiger partial charge >= 0.3 is 5.97 Å². The molecule has 1 fully saturated rings. The van der Waals surface area contributed by atoms with Gasteiger partial charge in [-0.3, -0.25) is 4.79 Å². The van der Waals surface area contributed by atoms with Crippen LogP contribution >= 0.6 is 0 Å². The van der Waals surface area contributed by atoms with E-state index in [-0.39, 0.29) is 6.42 Å². The highest BCUT2D eigenvalue weighted by Crippen LogP contribution is 2.20. The number of hydrogen-bond acceptors (Lipinski definition) is 7. The van der Waals surface area contributed by atoms with Gasteiger partial charge in [-0.25, -0.2) is 0 Å². The molecule has 0 aromatic rings. The van der Waals surface area contributed by atoms with E-state index < -0.39 is 43.2 Å². The van der Waals surface area contributed by atoms with Crippen LogP contribution in [0.1, 0.15) is 13.3 Å². The Morgan fingerprint density at radius 2 is 2.06 bits per heavy atom. The van der Waals surface area contributed by atoms with Crippen molar-refractivity contribution in [2.24, 2.45) is 5.73 Å². The molecule has 0 amide bonds. The van der Waals surface area contributed by atoms with Gasteiger partial charge in [-0.2, -0.15) is 0 Å². The van der Waals surface area contributed by atoms with Crippen LogP contribution in [-0.2, 0) is 14.3 Å². The molecule has 1 saturated heterocycles. The van der Waals surface area contributed by atoms with E-state index in [2.05, 4.69) is 0 Å². The lowest BCUT2D eigenvalue weighted by Crippen LogP contribution is -2.62. The summed E-state index contributed by atoms with van der Waals surface area (Å²) in [7, 11) is 0. The van der Waals surface area contributed by atoms with Crippen molar-refractivity contribution < 1.29 is 29.6 Å². The zero-order chi connectivity index (χ0) is 12.3. The minimum absolute atomic E-state index is 0.148. The van der Waals surface area contributed by atoms with Gasteiger partial charge in [0.05, 0.1) is 12.6 Å². The number of aliphatic hydroxyl groups excluding tert-OH is 3. The Bertz CT molecular complexity index is 246. The van der Waals surface area contributed by atoms with E-state index in [9.17, 15) is 15.0 Å². The summed E-state index contributed by atoms with van der Waals surface area (Å²) in [4.78, 5) is 11.0. The summed E-state index contributed by atoms with van der Waals surface area (Å²) in [6, 6.07) is -1.03. The van der Waals surface area contributed by atoms with E-state index in [1.165, 1.54) is 0 Å². The molecule has 0 aliphatic carbocycles. The van der Waals surface area contributed by atoms with Gasteiger partial charge in [0.15, 0.2) is 0 Å². The second kappa shape index (κ2) is 5.55. The first-order valence-corrected chi connectivity index (χ1v) is 5.08. The maximum Gasteiger partial charge on any atom is 0.307 e. The summed E-state index contributed by atoms with van der Waals surface area (Å²) in [6.45, 7) is 1.11. The highest BCUT2D eigenvalue weighted by molar-refractivity contribution is 5.69. The monoisotopic (exact) mass is 235 g/mol. The van der Waals surface area contributed by atoms with Gasteiger partial charge in [0.25, 0.3) is 0 Å². The maximum absolute atomic E-state index is 11.0. The van der Waals surface area contributed by atoms with Crippen molar-refractivity contribution >= 4 is 5.97 Å². The van der Waals surface area contributed by atoms with Crippen LogP contribution < -0.4 is 5.73 Å². The molecule has 7 heteroatoms. The van der Waals surface area contributed by atoms with Crippen LogP contribution in [0.4, 0.5) is 0 Å². The zero-order valence-electron chi connectivity index (χ0n) is 8.94. The Morgan fingerprint density at radius 3 is 2.56 bits per heavy atom. The van der Waals surface area contributed by atoms with Gasteiger partial charge in [-0.05, 0) is 0 Å². The second-order valence-electron chi connectivity index (χ2n) is 3.63. The fraction of sp³-hybridized carbons (Fsp3) is 0.889. The number of carbonyl (C=O) groups is 1. The van der Waals surface area contributed by atoms with Crippen LogP contribution in [0, 0.1) is 0 Å². The normalized spacial score (nSPS) is 39.4. The summed E-state index contributed by atoms with van der Waals surface area (Å²) < 4.78 is 9.91. The average molecular weight is 235 g/mol. The number of rotatable bonds is 3. The first kappa shape index (κ1) is 13.3. The number of aliphatic hydroxyl groups is 3. The smallest absolute Gasteiger partial charge is 0.307 e. The minimum Gasteiger partial charge on any atom is -0.434 e. The molecule has 0 aromatic carbocycles. The molecule has 0 spiro atoms. The lowest BCUT2D eigenvalue weighted by atomic mass is 9.98. The quantitative estimate of drug-likeness (QED) is 0.406. The zero-order valence-corrected chi connectivity index (χ0v) is 8.94. The molecule has 0 bridgehead atoms. The van der Waals surface area contributed by atoms with Crippen molar-refractivity contribution in [3.8, 4) is 0 Å². The van der Waals surface area contributed by atoms with Gasteiger partial charge in [0, 0.05) is 6.42 Å². The van der Waals surface area contributed by atoms with Gasteiger partial charge < -0.3 is 30.5 Å².